The highest BCUT2D eigenvalue weighted by Gasteiger charge is 2.20. The fourth-order valence-electron chi connectivity index (χ4n) is 2.38. The number of nitrogens with one attached hydrogen (secondary N) is 1. The Balaban J connectivity index is 2.00. The lowest BCUT2D eigenvalue weighted by Crippen LogP contribution is -2.32. The maximum atomic E-state index is 11.2. The Morgan fingerprint density at radius 1 is 1.05 bits per heavy atom. The van der Waals surface area contributed by atoms with E-state index in [0.29, 0.717) is 12.1 Å². The van der Waals surface area contributed by atoms with Gasteiger partial charge in [0.05, 0.1) is 5.56 Å². The number of carboxylic acids is 1. The Morgan fingerprint density at radius 3 is 2.33 bits per heavy atom. The van der Waals surface area contributed by atoms with Gasteiger partial charge in [0.2, 0.25) is 0 Å². The summed E-state index contributed by atoms with van der Waals surface area (Å²) in [6.07, 6.45) is 0. The maximum Gasteiger partial charge on any atom is 0.336 e. The van der Waals surface area contributed by atoms with E-state index in [1.54, 1.807) is 12.1 Å². The summed E-state index contributed by atoms with van der Waals surface area (Å²) in [6, 6.07) is 17.4. The molecule has 2 N–H and O–H groups in total. The van der Waals surface area contributed by atoms with Gasteiger partial charge in [-0.1, -0.05) is 62.4 Å². The Morgan fingerprint density at radius 2 is 1.67 bits per heavy atom. The average Bonchev–Trinajstić information content (AvgIpc) is 2.48. The molecule has 0 spiro atoms. The van der Waals surface area contributed by atoms with Gasteiger partial charge in [-0.3, -0.25) is 0 Å². The minimum atomic E-state index is -0.880. The lowest BCUT2D eigenvalue weighted by atomic mass is 9.84. The molecule has 0 aliphatic carbocycles. The minimum Gasteiger partial charge on any atom is -0.478 e. The monoisotopic (exact) mass is 283 g/mol. The van der Waals surface area contributed by atoms with Gasteiger partial charge < -0.3 is 10.4 Å². The molecule has 3 nitrogen and oxygen atoms in total. The predicted octanol–water partition coefficient (Wildman–Crippen LogP) is 3.45. The third-order valence-corrected chi connectivity index (χ3v) is 3.69. The number of carbonyl (C=O) groups is 1. The largest absolute Gasteiger partial charge is 0.478 e. The smallest absolute Gasteiger partial charge is 0.336 e. The van der Waals surface area contributed by atoms with Crippen LogP contribution in [-0.2, 0) is 12.0 Å². The lowest BCUT2D eigenvalue weighted by molar-refractivity contribution is 0.0695. The van der Waals surface area contributed by atoms with Gasteiger partial charge in [0.1, 0.15) is 0 Å². The van der Waals surface area contributed by atoms with E-state index in [1.165, 1.54) is 5.56 Å². The molecule has 21 heavy (non-hydrogen) atoms. The van der Waals surface area contributed by atoms with E-state index in [-0.39, 0.29) is 5.41 Å². The summed E-state index contributed by atoms with van der Waals surface area (Å²) in [4.78, 5) is 11.2. The molecule has 0 saturated carbocycles. The average molecular weight is 283 g/mol. The highest BCUT2D eigenvalue weighted by molar-refractivity contribution is 5.89. The van der Waals surface area contributed by atoms with E-state index in [2.05, 4.69) is 31.3 Å². The zero-order valence-corrected chi connectivity index (χ0v) is 12.5. The molecule has 0 fully saturated rings. The third kappa shape index (κ3) is 3.92. The van der Waals surface area contributed by atoms with Crippen molar-refractivity contribution in [1.29, 1.82) is 0 Å². The van der Waals surface area contributed by atoms with Crippen molar-refractivity contribution in [3.8, 4) is 0 Å². The summed E-state index contributed by atoms with van der Waals surface area (Å²) in [5.74, 6) is -0.880. The Labute approximate surface area is 125 Å². The molecule has 0 heterocycles. The minimum absolute atomic E-state index is 0.000568. The summed E-state index contributed by atoms with van der Waals surface area (Å²) >= 11 is 0. The second-order valence-electron chi connectivity index (χ2n) is 5.82. The Hall–Kier alpha value is -2.13. The summed E-state index contributed by atoms with van der Waals surface area (Å²) < 4.78 is 0. The molecule has 0 unspecified atom stereocenters. The normalized spacial score (nSPS) is 11.3. The SMILES string of the molecule is CC(C)(CNCc1ccccc1C(=O)O)c1ccccc1. The first-order chi connectivity index (χ1) is 10.0. The van der Waals surface area contributed by atoms with Crippen molar-refractivity contribution in [3.63, 3.8) is 0 Å². The molecular weight excluding hydrogens is 262 g/mol. The molecule has 0 bridgehead atoms. The van der Waals surface area contributed by atoms with E-state index in [9.17, 15) is 9.90 Å². The van der Waals surface area contributed by atoms with Crippen molar-refractivity contribution in [2.24, 2.45) is 0 Å². The van der Waals surface area contributed by atoms with Crippen LogP contribution in [0.3, 0.4) is 0 Å². The van der Waals surface area contributed by atoms with Gasteiger partial charge in [-0.05, 0) is 17.2 Å². The number of hydrogen-bond acceptors (Lipinski definition) is 2. The van der Waals surface area contributed by atoms with Gasteiger partial charge in [-0.2, -0.15) is 0 Å². The molecule has 2 aromatic rings. The molecule has 0 radical (unpaired) electrons. The molecule has 3 heteroatoms. The molecule has 0 aliphatic rings. The van der Waals surface area contributed by atoms with Crippen molar-refractivity contribution in [2.45, 2.75) is 25.8 Å². The number of aromatic carboxylic acids is 1. The fourth-order valence-corrected chi connectivity index (χ4v) is 2.38. The highest BCUT2D eigenvalue weighted by Crippen LogP contribution is 2.22. The van der Waals surface area contributed by atoms with E-state index in [0.717, 1.165) is 12.1 Å². The Kier molecular flexibility index (Phi) is 4.76. The van der Waals surface area contributed by atoms with Crippen LogP contribution < -0.4 is 5.32 Å². The summed E-state index contributed by atoms with van der Waals surface area (Å²) in [7, 11) is 0. The predicted molar refractivity (Wildman–Crippen MR) is 84.6 cm³/mol. The van der Waals surface area contributed by atoms with E-state index < -0.39 is 5.97 Å². The standard InChI is InChI=1S/C18H21NO2/c1-18(2,15-9-4-3-5-10-15)13-19-12-14-8-6-7-11-16(14)17(20)21/h3-11,19H,12-13H2,1-2H3,(H,20,21). The van der Waals surface area contributed by atoms with Gasteiger partial charge in [-0.25, -0.2) is 4.79 Å². The lowest BCUT2D eigenvalue weighted by Gasteiger charge is -2.26. The van der Waals surface area contributed by atoms with Crippen molar-refractivity contribution in [1.82, 2.24) is 5.32 Å². The molecule has 110 valence electrons. The zero-order valence-electron chi connectivity index (χ0n) is 12.5. The van der Waals surface area contributed by atoms with E-state index in [4.69, 9.17) is 0 Å². The van der Waals surface area contributed by atoms with Gasteiger partial charge in [0.15, 0.2) is 0 Å². The van der Waals surface area contributed by atoms with Crippen LogP contribution in [-0.4, -0.2) is 17.6 Å². The number of rotatable bonds is 6. The van der Waals surface area contributed by atoms with E-state index >= 15 is 0 Å². The fraction of sp³-hybridized carbons (Fsp3) is 0.278. The van der Waals surface area contributed by atoms with Crippen LogP contribution in [0.25, 0.3) is 0 Å². The third-order valence-electron chi connectivity index (χ3n) is 3.69. The van der Waals surface area contributed by atoms with Gasteiger partial charge in [0, 0.05) is 18.5 Å². The second kappa shape index (κ2) is 6.55. The van der Waals surface area contributed by atoms with E-state index in [1.807, 2.05) is 30.3 Å². The second-order valence-corrected chi connectivity index (χ2v) is 5.82. The van der Waals surface area contributed by atoms with Crippen LogP contribution in [0.1, 0.15) is 35.3 Å². The summed E-state index contributed by atoms with van der Waals surface area (Å²) in [6.45, 7) is 5.70. The Bertz CT molecular complexity index is 606. The molecular formula is C18H21NO2. The first-order valence-corrected chi connectivity index (χ1v) is 7.08. The van der Waals surface area contributed by atoms with Crippen molar-refractivity contribution in [3.05, 3.63) is 71.3 Å². The van der Waals surface area contributed by atoms with Gasteiger partial charge in [-0.15, -0.1) is 0 Å². The summed E-state index contributed by atoms with van der Waals surface area (Å²) in [5, 5.41) is 12.5. The van der Waals surface area contributed by atoms with Crippen LogP contribution in [0.5, 0.6) is 0 Å². The molecule has 0 saturated heterocycles. The summed E-state index contributed by atoms with van der Waals surface area (Å²) in [5.41, 5.74) is 2.44. The van der Waals surface area contributed by atoms with Crippen LogP contribution in [0, 0.1) is 0 Å². The van der Waals surface area contributed by atoms with Gasteiger partial charge in [0.25, 0.3) is 0 Å². The highest BCUT2D eigenvalue weighted by atomic mass is 16.4. The number of benzene rings is 2. The van der Waals surface area contributed by atoms with Crippen LogP contribution in [0.2, 0.25) is 0 Å². The van der Waals surface area contributed by atoms with Gasteiger partial charge >= 0.3 is 5.97 Å². The number of carboxylic acid groups (broad SMARTS) is 1. The van der Waals surface area contributed by atoms with Crippen molar-refractivity contribution < 1.29 is 9.90 Å². The zero-order chi connectivity index (χ0) is 15.3. The van der Waals surface area contributed by atoms with Crippen LogP contribution in [0.15, 0.2) is 54.6 Å². The maximum absolute atomic E-state index is 11.2. The molecule has 0 aromatic heterocycles. The molecule has 2 aromatic carbocycles. The molecule has 2 rings (SSSR count). The quantitative estimate of drug-likeness (QED) is 0.853. The van der Waals surface area contributed by atoms with Crippen molar-refractivity contribution in [2.75, 3.05) is 6.54 Å². The first-order valence-electron chi connectivity index (χ1n) is 7.08. The van der Waals surface area contributed by atoms with Crippen molar-refractivity contribution >= 4 is 5.97 Å². The first kappa shape index (κ1) is 15.3. The number of hydrogen-bond donors (Lipinski definition) is 2. The van der Waals surface area contributed by atoms with Crippen LogP contribution >= 0.6 is 0 Å². The topological polar surface area (TPSA) is 49.3 Å². The molecule has 0 amide bonds. The molecule has 0 atom stereocenters. The molecule has 0 aliphatic heterocycles. The van der Waals surface area contributed by atoms with Crippen LogP contribution in [0.4, 0.5) is 0 Å².